The van der Waals surface area contributed by atoms with Crippen LogP contribution in [0.3, 0.4) is 0 Å². The minimum atomic E-state index is 0.316. The van der Waals surface area contributed by atoms with E-state index in [2.05, 4.69) is 26.4 Å². The molecule has 2 aromatic heterocycles. The van der Waals surface area contributed by atoms with E-state index in [1.165, 1.54) is 0 Å². The van der Waals surface area contributed by atoms with Crippen molar-refractivity contribution in [3.8, 4) is 0 Å². The van der Waals surface area contributed by atoms with Crippen LogP contribution < -0.4 is 4.90 Å². The number of hydrogen-bond donors (Lipinski definition) is 0. The Morgan fingerprint density at radius 3 is 3.07 bits per heavy atom. The maximum Gasteiger partial charge on any atom is 0.225 e. The highest BCUT2D eigenvalue weighted by molar-refractivity contribution is 6.28. The molecule has 0 radical (unpaired) electrons. The summed E-state index contributed by atoms with van der Waals surface area (Å²) >= 11 is 5.89. The predicted octanol–water partition coefficient (Wildman–Crippen LogP) is 1.92. The average molecular weight is 223 g/mol. The SMILES string of the molecule is C[C@H]1Cn2ccc3nc(Cl)nc(c32)N1C. The first-order valence-electron chi connectivity index (χ1n) is 4.92. The van der Waals surface area contributed by atoms with E-state index in [1.54, 1.807) is 0 Å². The molecule has 0 saturated heterocycles. The summed E-state index contributed by atoms with van der Waals surface area (Å²) in [4.78, 5) is 10.6. The van der Waals surface area contributed by atoms with Gasteiger partial charge in [0.15, 0.2) is 5.82 Å². The van der Waals surface area contributed by atoms with Gasteiger partial charge in [-0.3, -0.25) is 0 Å². The lowest BCUT2D eigenvalue weighted by Crippen LogP contribution is -2.37. The number of anilines is 1. The Morgan fingerprint density at radius 2 is 2.27 bits per heavy atom. The van der Waals surface area contributed by atoms with Gasteiger partial charge in [-0.05, 0) is 24.6 Å². The molecule has 15 heavy (non-hydrogen) atoms. The first-order chi connectivity index (χ1) is 7.16. The molecule has 1 aliphatic rings. The minimum Gasteiger partial charge on any atom is -0.353 e. The third-order valence-electron chi connectivity index (χ3n) is 3.02. The molecule has 5 heteroatoms. The van der Waals surface area contributed by atoms with Crippen molar-refractivity contribution in [1.82, 2.24) is 14.5 Å². The highest BCUT2D eigenvalue weighted by Crippen LogP contribution is 2.30. The molecule has 0 amide bonds. The van der Waals surface area contributed by atoms with Crippen molar-refractivity contribution in [3.05, 3.63) is 17.5 Å². The Hall–Kier alpha value is -1.29. The summed E-state index contributed by atoms with van der Waals surface area (Å²) in [6, 6.07) is 2.41. The van der Waals surface area contributed by atoms with Gasteiger partial charge >= 0.3 is 0 Å². The first-order valence-corrected chi connectivity index (χ1v) is 5.30. The van der Waals surface area contributed by atoms with Crippen LogP contribution in [0.4, 0.5) is 5.82 Å². The van der Waals surface area contributed by atoms with Gasteiger partial charge in [0.1, 0.15) is 5.52 Å². The van der Waals surface area contributed by atoms with Crippen molar-refractivity contribution in [1.29, 1.82) is 0 Å². The fourth-order valence-corrected chi connectivity index (χ4v) is 2.24. The molecule has 0 saturated carbocycles. The van der Waals surface area contributed by atoms with Gasteiger partial charge in [0, 0.05) is 25.8 Å². The zero-order valence-corrected chi connectivity index (χ0v) is 9.36. The molecule has 2 aromatic rings. The van der Waals surface area contributed by atoms with E-state index in [4.69, 9.17) is 11.6 Å². The lowest BCUT2D eigenvalue weighted by Gasteiger charge is -2.31. The van der Waals surface area contributed by atoms with Gasteiger partial charge in [0.2, 0.25) is 5.28 Å². The van der Waals surface area contributed by atoms with Crippen molar-refractivity contribution in [2.24, 2.45) is 0 Å². The van der Waals surface area contributed by atoms with Crippen LogP contribution in [0.5, 0.6) is 0 Å². The first kappa shape index (κ1) is 8.97. The quantitative estimate of drug-likeness (QED) is 0.639. The van der Waals surface area contributed by atoms with Crippen molar-refractivity contribution in [2.45, 2.75) is 19.5 Å². The van der Waals surface area contributed by atoms with Gasteiger partial charge in [-0.15, -0.1) is 0 Å². The second kappa shape index (κ2) is 2.85. The lowest BCUT2D eigenvalue weighted by atomic mass is 10.2. The number of aromatic nitrogens is 3. The molecule has 0 spiro atoms. The van der Waals surface area contributed by atoms with E-state index >= 15 is 0 Å². The van der Waals surface area contributed by atoms with E-state index in [-0.39, 0.29) is 0 Å². The number of hydrogen-bond acceptors (Lipinski definition) is 3. The second-order valence-electron chi connectivity index (χ2n) is 3.98. The summed E-state index contributed by atoms with van der Waals surface area (Å²) in [6.07, 6.45) is 2.04. The molecule has 78 valence electrons. The van der Waals surface area contributed by atoms with Gasteiger partial charge < -0.3 is 9.47 Å². The van der Waals surface area contributed by atoms with Crippen LogP contribution in [-0.2, 0) is 6.54 Å². The highest BCUT2D eigenvalue weighted by Gasteiger charge is 2.24. The van der Waals surface area contributed by atoms with E-state index in [0.29, 0.717) is 11.3 Å². The molecule has 4 nitrogen and oxygen atoms in total. The van der Waals surface area contributed by atoms with E-state index < -0.39 is 0 Å². The zero-order chi connectivity index (χ0) is 10.6. The Kier molecular flexibility index (Phi) is 1.71. The second-order valence-corrected chi connectivity index (χ2v) is 4.32. The van der Waals surface area contributed by atoms with E-state index in [0.717, 1.165) is 23.4 Å². The largest absolute Gasteiger partial charge is 0.353 e. The fourth-order valence-electron chi connectivity index (χ4n) is 2.07. The molecule has 0 bridgehead atoms. The summed E-state index contributed by atoms with van der Waals surface area (Å²) in [5.41, 5.74) is 2.00. The summed E-state index contributed by atoms with van der Waals surface area (Å²) in [5, 5.41) is 0.316. The Labute approximate surface area is 92.5 Å². The Morgan fingerprint density at radius 1 is 1.47 bits per heavy atom. The number of nitrogens with zero attached hydrogens (tertiary/aromatic N) is 4. The molecule has 0 unspecified atom stereocenters. The monoisotopic (exact) mass is 222 g/mol. The Bertz CT molecular complexity index is 533. The van der Waals surface area contributed by atoms with Gasteiger partial charge in [0.05, 0.1) is 5.52 Å². The minimum absolute atomic E-state index is 0.316. The van der Waals surface area contributed by atoms with Crippen LogP contribution in [0.1, 0.15) is 6.92 Å². The highest BCUT2D eigenvalue weighted by atomic mass is 35.5. The van der Waals surface area contributed by atoms with Gasteiger partial charge in [-0.2, -0.15) is 4.98 Å². The van der Waals surface area contributed by atoms with E-state index in [9.17, 15) is 0 Å². The average Bonchev–Trinajstić information content (AvgIpc) is 2.57. The number of rotatable bonds is 0. The van der Waals surface area contributed by atoms with Crippen LogP contribution in [0, 0.1) is 0 Å². The predicted molar refractivity (Wildman–Crippen MR) is 60.4 cm³/mol. The van der Waals surface area contributed by atoms with Crippen molar-refractivity contribution in [3.63, 3.8) is 0 Å². The topological polar surface area (TPSA) is 34.0 Å². The maximum atomic E-state index is 5.89. The molecule has 0 N–H and O–H groups in total. The van der Waals surface area contributed by atoms with Gasteiger partial charge in [0.25, 0.3) is 0 Å². The van der Waals surface area contributed by atoms with Gasteiger partial charge in [-0.1, -0.05) is 0 Å². The normalized spacial score (nSPS) is 19.9. The smallest absolute Gasteiger partial charge is 0.225 e. The van der Waals surface area contributed by atoms with Crippen molar-refractivity contribution >= 4 is 28.5 Å². The Balaban J connectivity index is 2.39. The van der Waals surface area contributed by atoms with Crippen LogP contribution in [0.2, 0.25) is 5.28 Å². The van der Waals surface area contributed by atoms with Crippen LogP contribution in [-0.4, -0.2) is 27.6 Å². The molecule has 0 aliphatic carbocycles. The summed E-state index contributed by atoms with van der Waals surface area (Å²) < 4.78 is 2.19. The van der Waals surface area contributed by atoms with Crippen LogP contribution >= 0.6 is 11.6 Å². The maximum absolute atomic E-state index is 5.89. The van der Waals surface area contributed by atoms with Crippen molar-refractivity contribution < 1.29 is 0 Å². The molecule has 3 heterocycles. The third kappa shape index (κ3) is 1.14. The molecular weight excluding hydrogens is 212 g/mol. The molecule has 1 atom stereocenters. The lowest BCUT2D eigenvalue weighted by molar-refractivity contribution is 0.553. The third-order valence-corrected chi connectivity index (χ3v) is 3.19. The van der Waals surface area contributed by atoms with Gasteiger partial charge in [-0.25, -0.2) is 4.98 Å². The number of halogens is 1. The molecule has 0 fully saturated rings. The van der Waals surface area contributed by atoms with Crippen LogP contribution in [0.25, 0.3) is 11.0 Å². The summed E-state index contributed by atoms with van der Waals surface area (Å²) in [6.45, 7) is 3.14. The zero-order valence-electron chi connectivity index (χ0n) is 8.61. The summed E-state index contributed by atoms with van der Waals surface area (Å²) in [7, 11) is 2.04. The molecular formula is C10H11ClN4. The van der Waals surface area contributed by atoms with E-state index in [1.807, 2.05) is 19.3 Å². The standard InChI is InChI=1S/C10H11ClN4/c1-6-5-15-4-3-7-8(15)9(14(6)2)13-10(11)12-7/h3-4,6H,5H2,1-2H3/t6-/m0/s1. The molecule has 3 rings (SSSR count). The van der Waals surface area contributed by atoms with Crippen molar-refractivity contribution in [2.75, 3.05) is 11.9 Å². The fraction of sp³-hybridized carbons (Fsp3) is 0.400. The van der Waals surface area contributed by atoms with Crippen LogP contribution in [0.15, 0.2) is 12.3 Å². The molecule has 0 aromatic carbocycles. The molecule has 1 aliphatic heterocycles. The number of likely N-dealkylation sites (N-methyl/N-ethyl adjacent to an activating group) is 1. The summed E-state index contributed by atoms with van der Waals surface area (Å²) in [5.74, 6) is 0.925.